The summed E-state index contributed by atoms with van der Waals surface area (Å²) < 4.78 is 0. The summed E-state index contributed by atoms with van der Waals surface area (Å²) in [6.07, 6.45) is 7.98. The van der Waals surface area contributed by atoms with Crippen molar-refractivity contribution in [3.8, 4) is 6.07 Å². The Kier molecular flexibility index (Phi) is 4.67. The first-order valence-electron chi connectivity index (χ1n) is 7.64. The molecule has 0 spiro atoms. The molecule has 6 nitrogen and oxygen atoms in total. The highest BCUT2D eigenvalue weighted by molar-refractivity contribution is 6.11. The molecule has 1 aromatic carbocycles. The summed E-state index contributed by atoms with van der Waals surface area (Å²) in [4.78, 5) is 11.5. The zero-order valence-electron chi connectivity index (χ0n) is 13.4. The molecule has 0 saturated heterocycles. The molecule has 25 heavy (non-hydrogen) atoms. The number of aromatic nitrogens is 3. The number of nitrogens with one attached hydrogen (secondary N) is 3. The lowest BCUT2D eigenvalue weighted by molar-refractivity contribution is 0.758. The number of aromatic amines is 1. The third-order valence-electron chi connectivity index (χ3n) is 3.81. The second-order valence-corrected chi connectivity index (χ2v) is 5.32. The van der Waals surface area contributed by atoms with Crippen LogP contribution in [0.3, 0.4) is 0 Å². The minimum atomic E-state index is -0.188. The monoisotopic (exact) mass is 328 g/mol. The topological polar surface area (TPSA) is 101 Å². The fourth-order valence-corrected chi connectivity index (χ4v) is 2.56. The van der Waals surface area contributed by atoms with Crippen molar-refractivity contribution < 1.29 is 0 Å². The van der Waals surface area contributed by atoms with Crippen molar-refractivity contribution in [3.05, 3.63) is 78.5 Å². The highest BCUT2D eigenvalue weighted by Gasteiger charge is 2.10. The average molecular weight is 328 g/mol. The van der Waals surface area contributed by atoms with Gasteiger partial charge in [-0.05, 0) is 23.8 Å². The Bertz CT molecular complexity index is 992. The minimum Gasteiger partial charge on any atom is -0.380 e. The number of H-pyrrole nitrogens is 1. The Morgan fingerprint density at radius 1 is 1.36 bits per heavy atom. The number of rotatable bonds is 6. The smallest absolute Gasteiger partial charge is 0.141 e. The van der Waals surface area contributed by atoms with Gasteiger partial charge in [0.15, 0.2) is 0 Å². The van der Waals surface area contributed by atoms with Gasteiger partial charge in [0, 0.05) is 29.6 Å². The van der Waals surface area contributed by atoms with Crippen LogP contribution in [0.15, 0.2) is 61.7 Å². The molecule has 0 amide bonds. The minimum absolute atomic E-state index is 0.188. The van der Waals surface area contributed by atoms with Crippen LogP contribution in [-0.4, -0.2) is 21.2 Å². The number of hydrogen-bond donors (Lipinski definition) is 3. The van der Waals surface area contributed by atoms with E-state index < -0.39 is 0 Å². The normalized spacial score (nSPS) is 12.4. The highest BCUT2D eigenvalue weighted by atomic mass is 14.9. The van der Waals surface area contributed by atoms with Gasteiger partial charge in [0.1, 0.15) is 12.0 Å². The maximum atomic E-state index is 9.05. The van der Waals surface area contributed by atoms with E-state index >= 15 is 0 Å². The Morgan fingerprint density at radius 2 is 2.24 bits per heavy atom. The van der Waals surface area contributed by atoms with E-state index in [1.165, 1.54) is 12.5 Å². The van der Waals surface area contributed by atoms with Crippen molar-refractivity contribution in [2.75, 3.05) is 0 Å². The van der Waals surface area contributed by atoms with Crippen molar-refractivity contribution in [3.63, 3.8) is 0 Å². The molecule has 2 heterocycles. The number of benzene rings is 1. The maximum absolute atomic E-state index is 9.05. The van der Waals surface area contributed by atoms with Crippen LogP contribution in [-0.2, 0) is 0 Å². The lowest BCUT2D eigenvalue weighted by Crippen LogP contribution is -2.14. The van der Waals surface area contributed by atoms with Crippen LogP contribution in [0.2, 0.25) is 0 Å². The van der Waals surface area contributed by atoms with Gasteiger partial charge in [0.05, 0.1) is 23.4 Å². The van der Waals surface area contributed by atoms with Crippen LogP contribution in [0.4, 0.5) is 0 Å². The highest BCUT2D eigenvalue weighted by Crippen LogP contribution is 2.21. The summed E-state index contributed by atoms with van der Waals surface area (Å²) in [6.45, 7) is 3.85. The lowest BCUT2D eigenvalue weighted by Gasteiger charge is -2.14. The van der Waals surface area contributed by atoms with Crippen molar-refractivity contribution >= 4 is 22.8 Å². The summed E-state index contributed by atoms with van der Waals surface area (Å²) in [7, 11) is 0. The molecular weight excluding hydrogens is 312 g/mol. The zero-order chi connectivity index (χ0) is 17.6. The number of allylic oxidation sites excluding steroid dienone is 1. The number of fused-ring (bicyclic) bond motifs is 1. The molecule has 0 fully saturated rings. The fourth-order valence-electron chi connectivity index (χ4n) is 2.56. The second kappa shape index (κ2) is 7.23. The summed E-state index contributed by atoms with van der Waals surface area (Å²) >= 11 is 0. The standard InChI is InChI=1S/C19H16N6/c1-2-17(14-5-3-4-13(8-14)9-20)23-11-15(10-21)18-16-6-7-22-19(16)25-12-24-18/h2-8,10-12,17,21,23H,1H2,(H,22,24,25)/b15-11+,21-10?. The maximum Gasteiger partial charge on any atom is 0.141 e. The van der Waals surface area contributed by atoms with Crippen LogP contribution in [0.5, 0.6) is 0 Å². The van der Waals surface area contributed by atoms with E-state index in [-0.39, 0.29) is 6.04 Å². The molecule has 3 N–H and O–H groups in total. The van der Waals surface area contributed by atoms with Gasteiger partial charge < -0.3 is 15.7 Å². The van der Waals surface area contributed by atoms with Gasteiger partial charge >= 0.3 is 0 Å². The zero-order valence-corrected chi connectivity index (χ0v) is 13.4. The molecule has 2 aromatic heterocycles. The van der Waals surface area contributed by atoms with Gasteiger partial charge in [0.25, 0.3) is 0 Å². The first kappa shape index (κ1) is 16.1. The molecule has 0 aliphatic rings. The van der Waals surface area contributed by atoms with Gasteiger partial charge in [-0.2, -0.15) is 5.26 Å². The van der Waals surface area contributed by atoms with E-state index in [1.807, 2.05) is 24.3 Å². The second-order valence-electron chi connectivity index (χ2n) is 5.32. The molecule has 0 bridgehead atoms. The van der Waals surface area contributed by atoms with Gasteiger partial charge in [-0.25, -0.2) is 9.97 Å². The van der Waals surface area contributed by atoms with Gasteiger partial charge in [0.2, 0.25) is 0 Å². The largest absolute Gasteiger partial charge is 0.380 e. The van der Waals surface area contributed by atoms with Crippen molar-refractivity contribution in [1.82, 2.24) is 20.3 Å². The van der Waals surface area contributed by atoms with Crippen LogP contribution in [0.1, 0.15) is 22.9 Å². The van der Waals surface area contributed by atoms with Gasteiger partial charge in [-0.3, -0.25) is 0 Å². The summed E-state index contributed by atoms with van der Waals surface area (Å²) in [5.41, 5.74) is 3.52. The average Bonchev–Trinajstić information content (AvgIpc) is 3.14. The molecule has 122 valence electrons. The molecule has 0 radical (unpaired) electrons. The molecule has 1 atom stereocenters. The van der Waals surface area contributed by atoms with E-state index in [1.54, 1.807) is 24.5 Å². The van der Waals surface area contributed by atoms with Crippen molar-refractivity contribution in [2.45, 2.75) is 6.04 Å². The first-order valence-corrected chi connectivity index (χ1v) is 7.64. The van der Waals surface area contributed by atoms with Crippen molar-refractivity contribution in [2.24, 2.45) is 0 Å². The lowest BCUT2D eigenvalue weighted by atomic mass is 10.0. The number of hydrogen-bond acceptors (Lipinski definition) is 5. The first-order chi connectivity index (χ1) is 12.3. The quantitative estimate of drug-likeness (QED) is 0.477. The van der Waals surface area contributed by atoms with E-state index in [4.69, 9.17) is 10.7 Å². The number of nitriles is 1. The molecule has 1 unspecified atom stereocenters. The van der Waals surface area contributed by atoms with Crippen molar-refractivity contribution in [1.29, 1.82) is 10.7 Å². The molecular formula is C19H16N6. The Labute approximate surface area is 145 Å². The molecule has 0 saturated carbocycles. The molecule has 0 aliphatic carbocycles. The van der Waals surface area contributed by atoms with E-state index in [2.05, 4.69) is 32.9 Å². The Balaban J connectivity index is 1.92. The summed E-state index contributed by atoms with van der Waals surface area (Å²) in [5, 5.41) is 20.8. The summed E-state index contributed by atoms with van der Waals surface area (Å²) in [5.74, 6) is 0. The third kappa shape index (κ3) is 3.31. The van der Waals surface area contributed by atoms with Crippen LogP contribution >= 0.6 is 0 Å². The Hall–Kier alpha value is -3.72. The third-order valence-corrected chi connectivity index (χ3v) is 3.81. The Morgan fingerprint density at radius 3 is 3.00 bits per heavy atom. The molecule has 3 aromatic rings. The molecule has 3 rings (SSSR count). The SMILES string of the molecule is C=CC(N/C=C(\C=N)c1ncnc2[nH]ccc12)c1cccc(C#N)c1. The van der Waals surface area contributed by atoms with E-state index in [9.17, 15) is 0 Å². The van der Waals surface area contributed by atoms with Crippen LogP contribution in [0.25, 0.3) is 16.6 Å². The van der Waals surface area contributed by atoms with Crippen LogP contribution < -0.4 is 5.32 Å². The number of nitrogens with zero attached hydrogens (tertiary/aromatic N) is 3. The van der Waals surface area contributed by atoms with E-state index in [0.29, 0.717) is 16.8 Å². The van der Waals surface area contributed by atoms with E-state index in [0.717, 1.165) is 16.6 Å². The molecule has 0 aliphatic heterocycles. The summed E-state index contributed by atoms with van der Waals surface area (Å²) in [6, 6.07) is 11.1. The van der Waals surface area contributed by atoms with Gasteiger partial charge in [-0.1, -0.05) is 18.2 Å². The van der Waals surface area contributed by atoms with Crippen LogP contribution in [0, 0.1) is 16.7 Å². The fraction of sp³-hybridized carbons (Fsp3) is 0.0526. The molecule has 6 heteroatoms. The van der Waals surface area contributed by atoms with Gasteiger partial charge in [-0.15, -0.1) is 6.58 Å². The predicted octanol–water partition coefficient (Wildman–Crippen LogP) is 3.34. The predicted molar refractivity (Wildman–Crippen MR) is 97.9 cm³/mol.